The molecule has 0 aromatic heterocycles. The molecule has 2 atom stereocenters. The minimum atomic E-state index is 0.192. The molecule has 1 N–H and O–H groups in total. The maximum Gasteiger partial charge on any atom is 0.0637 e. The van der Waals surface area contributed by atoms with Gasteiger partial charge in [0.2, 0.25) is 0 Å². The maximum absolute atomic E-state index is 7.39. The number of methoxy groups -OCH3 is 1. The van der Waals surface area contributed by atoms with Crippen molar-refractivity contribution in [1.82, 2.24) is 4.90 Å². The van der Waals surface area contributed by atoms with E-state index in [1.165, 1.54) is 6.21 Å². The molecule has 1 aliphatic carbocycles. The van der Waals surface area contributed by atoms with Crippen molar-refractivity contribution < 1.29 is 4.74 Å². The van der Waals surface area contributed by atoms with Crippen LogP contribution in [0.4, 0.5) is 0 Å². The molecule has 0 bridgehead atoms. The Balaban J connectivity index is 2.52. The fraction of sp³-hybridized carbons (Fsp3) is 0.500. The van der Waals surface area contributed by atoms with Gasteiger partial charge in [-0.15, -0.1) is 0 Å². The van der Waals surface area contributed by atoms with E-state index >= 15 is 0 Å². The van der Waals surface area contributed by atoms with Crippen LogP contribution >= 0.6 is 0 Å². The van der Waals surface area contributed by atoms with E-state index in [4.69, 9.17) is 10.1 Å². The van der Waals surface area contributed by atoms with E-state index in [0.29, 0.717) is 5.92 Å². The average molecular weight is 234 g/mol. The van der Waals surface area contributed by atoms with Gasteiger partial charge in [-0.3, -0.25) is 0 Å². The van der Waals surface area contributed by atoms with Crippen molar-refractivity contribution in [3.05, 3.63) is 36.6 Å². The second kappa shape index (κ2) is 7.85. The summed E-state index contributed by atoms with van der Waals surface area (Å²) in [5, 5.41) is 7.39. The van der Waals surface area contributed by atoms with Crippen LogP contribution in [0.3, 0.4) is 0 Å². The zero-order valence-corrected chi connectivity index (χ0v) is 10.7. The molecule has 0 aromatic carbocycles. The zero-order valence-electron chi connectivity index (χ0n) is 10.7. The Kier molecular flexibility index (Phi) is 6.33. The molecule has 94 valence electrons. The Morgan fingerprint density at radius 2 is 2.00 bits per heavy atom. The summed E-state index contributed by atoms with van der Waals surface area (Å²) >= 11 is 0. The van der Waals surface area contributed by atoms with Gasteiger partial charge >= 0.3 is 0 Å². The average Bonchev–Trinajstić information content (AvgIpc) is 2.39. The van der Waals surface area contributed by atoms with E-state index in [-0.39, 0.29) is 5.92 Å². The standard InChI is InChI=1S/C14H22N2O/c1-3-16(10-11-17-2)9-8-13-6-4-5-7-14(13)12-15/h4-9,12-15H,3,10-11H2,1-2H3/b9-8+,15-12?. The Labute approximate surface area is 104 Å². The SMILES string of the molecule is CCN(/C=C/C1C=CC=CC1C=N)CCOC. The molecule has 0 spiro atoms. The molecule has 0 aliphatic heterocycles. The summed E-state index contributed by atoms with van der Waals surface area (Å²) in [4.78, 5) is 2.22. The number of nitrogens with one attached hydrogen (secondary N) is 1. The number of allylic oxidation sites excluding steroid dienone is 5. The predicted octanol–water partition coefficient (Wildman–Crippen LogP) is 2.48. The highest BCUT2D eigenvalue weighted by atomic mass is 16.5. The molecule has 1 rings (SSSR count). The van der Waals surface area contributed by atoms with Crippen molar-refractivity contribution in [3.63, 3.8) is 0 Å². The lowest BCUT2D eigenvalue weighted by atomic mass is 9.89. The van der Waals surface area contributed by atoms with E-state index in [1.54, 1.807) is 7.11 Å². The van der Waals surface area contributed by atoms with Gasteiger partial charge in [0.25, 0.3) is 0 Å². The lowest BCUT2D eigenvalue weighted by Crippen LogP contribution is -2.22. The molecule has 3 heteroatoms. The van der Waals surface area contributed by atoms with Crippen molar-refractivity contribution in [1.29, 1.82) is 5.41 Å². The number of hydrogen-bond acceptors (Lipinski definition) is 3. The normalized spacial score (nSPS) is 23.2. The van der Waals surface area contributed by atoms with Gasteiger partial charge in [-0.2, -0.15) is 0 Å². The predicted molar refractivity (Wildman–Crippen MR) is 72.3 cm³/mol. The molecule has 0 heterocycles. The third kappa shape index (κ3) is 4.57. The molecular weight excluding hydrogens is 212 g/mol. The number of rotatable bonds is 7. The van der Waals surface area contributed by atoms with Crippen LogP contribution < -0.4 is 0 Å². The second-order valence-electron chi connectivity index (χ2n) is 4.05. The van der Waals surface area contributed by atoms with Gasteiger partial charge in [0.1, 0.15) is 0 Å². The van der Waals surface area contributed by atoms with Crippen molar-refractivity contribution >= 4 is 6.21 Å². The quantitative estimate of drug-likeness (QED) is 0.687. The lowest BCUT2D eigenvalue weighted by Gasteiger charge is -2.21. The third-order valence-corrected chi connectivity index (χ3v) is 2.92. The number of nitrogens with zero attached hydrogens (tertiary/aromatic N) is 1. The van der Waals surface area contributed by atoms with E-state index in [2.05, 4.69) is 36.3 Å². The minimum Gasteiger partial charge on any atom is -0.383 e. The molecule has 17 heavy (non-hydrogen) atoms. The van der Waals surface area contributed by atoms with Crippen LogP contribution in [0.1, 0.15) is 6.92 Å². The topological polar surface area (TPSA) is 36.3 Å². The molecule has 0 fully saturated rings. The van der Waals surface area contributed by atoms with Gasteiger partial charge in [0, 0.05) is 38.2 Å². The third-order valence-electron chi connectivity index (χ3n) is 2.92. The highest BCUT2D eigenvalue weighted by molar-refractivity contribution is 5.62. The monoisotopic (exact) mass is 234 g/mol. The van der Waals surface area contributed by atoms with Crippen LogP contribution in [-0.2, 0) is 4.74 Å². The summed E-state index contributed by atoms with van der Waals surface area (Å²) in [7, 11) is 1.72. The first-order chi connectivity index (χ1) is 8.31. The summed E-state index contributed by atoms with van der Waals surface area (Å²) in [6.45, 7) is 4.75. The van der Waals surface area contributed by atoms with Crippen LogP contribution in [0, 0.1) is 17.2 Å². The molecule has 0 saturated heterocycles. The fourth-order valence-electron chi connectivity index (χ4n) is 1.77. The molecular formula is C14H22N2O. The van der Waals surface area contributed by atoms with Gasteiger partial charge in [0.15, 0.2) is 0 Å². The van der Waals surface area contributed by atoms with Gasteiger partial charge in [0.05, 0.1) is 6.61 Å². The van der Waals surface area contributed by atoms with Gasteiger partial charge in [-0.25, -0.2) is 0 Å². The molecule has 2 unspecified atom stereocenters. The second-order valence-corrected chi connectivity index (χ2v) is 4.05. The van der Waals surface area contributed by atoms with Crippen LogP contribution in [0.25, 0.3) is 0 Å². The maximum atomic E-state index is 7.39. The van der Waals surface area contributed by atoms with Crippen molar-refractivity contribution in [2.24, 2.45) is 11.8 Å². The Morgan fingerprint density at radius 3 is 2.59 bits per heavy atom. The first kappa shape index (κ1) is 13.7. The summed E-state index contributed by atoms with van der Waals surface area (Å²) in [6, 6.07) is 0. The van der Waals surface area contributed by atoms with Gasteiger partial charge in [-0.05, 0) is 13.1 Å². The van der Waals surface area contributed by atoms with Crippen LogP contribution in [-0.4, -0.2) is 37.9 Å². The minimum absolute atomic E-state index is 0.192. The number of likely N-dealkylation sites (N-methyl/N-ethyl adjacent to an activating group) is 1. The zero-order chi connectivity index (χ0) is 12.5. The van der Waals surface area contributed by atoms with Gasteiger partial charge in [-0.1, -0.05) is 30.4 Å². The van der Waals surface area contributed by atoms with Gasteiger partial charge < -0.3 is 15.0 Å². The van der Waals surface area contributed by atoms with E-state index in [1.807, 2.05) is 12.2 Å². The summed E-state index contributed by atoms with van der Waals surface area (Å²) < 4.78 is 5.07. The van der Waals surface area contributed by atoms with E-state index < -0.39 is 0 Å². The Hall–Kier alpha value is -1.35. The largest absolute Gasteiger partial charge is 0.383 e. The molecule has 0 aromatic rings. The molecule has 1 aliphatic rings. The Bertz CT molecular complexity index is 307. The van der Waals surface area contributed by atoms with Crippen molar-refractivity contribution in [3.8, 4) is 0 Å². The fourth-order valence-corrected chi connectivity index (χ4v) is 1.77. The Morgan fingerprint density at radius 1 is 1.29 bits per heavy atom. The smallest absolute Gasteiger partial charge is 0.0637 e. The first-order valence-corrected chi connectivity index (χ1v) is 6.08. The van der Waals surface area contributed by atoms with Crippen molar-refractivity contribution in [2.75, 3.05) is 26.8 Å². The molecule has 0 saturated carbocycles. The molecule has 0 radical (unpaired) electrons. The highest BCUT2D eigenvalue weighted by Gasteiger charge is 2.13. The van der Waals surface area contributed by atoms with Crippen LogP contribution in [0.5, 0.6) is 0 Å². The number of hydrogen-bond donors (Lipinski definition) is 1. The summed E-state index contributed by atoms with van der Waals surface area (Å²) in [6.07, 6.45) is 14.0. The van der Waals surface area contributed by atoms with Crippen LogP contribution in [0.2, 0.25) is 0 Å². The van der Waals surface area contributed by atoms with E-state index in [0.717, 1.165) is 19.7 Å². The highest BCUT2D eigenvalue weighted by Crippen LogP contribution is 2.19. The van der Waals surface area contributed by atoms with E-state index in [9.17, 15) is 0 Å². The summed E-state index contributed by atoms with van der Waals surface area (Å²) in [5.41, 5.74) is 0. The molecule has 0 amide bonds. The lowest BCUT2D eigenvalue weighted by molar-refractivity contribution is 0.171. The number of ether oxygens (including phenoxy) is 1. The van der Waals surface area contributed by atoms with Crippen LogP contribution in [0.15, 0.2) is 36.6 Å². The summed E-state index contributed by atoms with van der Waals surface area (Å²) in [5.74, 6) is 0.492. The van der Waals surface area contributed by atoms with Crippen molar-refractivity contribution in [2.45, 2.75) is 6.92 Å². The molecule has 3 nitrogen and oxygen atoms in total. The first-order valence-electron chi connectivity index (χ1n) is 6.08.